The van der Waals surface area contributed by atoms with E-state index in [0.29, 0.717) is 6.54 Å². The number of hydrogen-bond donors (Lipinski definition) is 2. The summed E-state index contributed by atoms with van der Waals surface area (Å²) >= 11 is 1.52. The molecule has 0 aromatic carbocycles. The molecule has 0 fully saturated rings. The molecule has 3 nitrogen and oxygen atoms in total. The van der Waals surface area contributed by atoms with Gasteiger partial charge in [0.05, 0.1) is 11.5 Å². The summed E-state index contributed by atoms with van der Waals surface area (Å²) in [4.78, 5) is 14.0. The van der Waals surface area contributed by atoms with E-state index >= 15 is 0 Å². The Balaban J connectivity index is 2.65. The largest absolute Gasteiger partial charge is 0.396 e. The van der Waals surface area contributed by atoms with Crippen molar-refractivity contribution in [3.05, 3.63) is 21.4 Å². The number of aliphatic hydroxyl groups excluding tert-OH is 1. The summed E-state index contributed by atoms with van der Waals surface area (Å²) in [6.07, 6.45) is 1.73. The average molecular weight is 269 g/mol. The first-order valence-corrected chi connectivity index (χ1v) is 7.25. The predicted octanol–water partition coefficient (Wildman–Crippen LogP) is 2.89. The number of carbonyl (C=O) groups is 1. The number of rotatable bonds is 6. The van der Waals surface area contributed by atoms with Crippen molar-refractivity contribution >= 4 is 17.2 Å². The van der Waals surface area contributed by atoms with Gasteiger partial charge >= 0.3 is 0 Å². The molecule has 0 unspecified atom stereocenters. The molecular weight excluding hydrogens is 246 g/mol. The molecule has 18 heavy (non-hydrogen) atoms. The maximum absolute atomic E-state index is 12.0. The van der Waals surface area contributed by atoms with Gasteiger partial charge in [-0.2, -0.15) is 0 Å². The third kappa shape index (κ3) is 3.33. The monoisotopic (exact) mass is 269 g/mol. The van der Waals surface area contributed by atoms with Crippen molar-refractivity contribution in [2.45, 2.75) is 40.5 Å². The van der Waals surface area contributed by atoms with Crippen LogP contribution >= 0.6 is 11.3 Å². The number of hydrogen-bond acceptors (Lipinski definition) is 3. The Kier molecular flexibility index (Phi) is 5.35. The van der Waals surface area contributed by atoms with Crippen LogP contribution in [0.3, 0.4) is 0 Å². The van der Waals surface area contributed by atoms with Crippen LogP contribution < -0.4 is 5.32 Å². The summed E-state index contributed by atoms with van der Waals surface area (Å²) in [5.74, 6) is -0.0316. The van der Waals surface area contributed by atoms with Crippen LogP contribution in [0.25, 0.3) is 0 Å². The lowest BCUT2D eigenvalue weighted by Gasteiger charge is -2.29. The molecule has 1 amide bonds. The molecule has 0 bridgehead atoms. The highest BCUT2D eigenvalue weighted by Crippen LogP contribution is 2.25. The Morgan fingerprint density at radius 3 is 2.39 bits per heavy atom. The van der Waals surface area contributed by atoms with Crippen LogP contribution in [0.2, 0.25) is 0 Å². The van der Waals surface area contributed by atoms with Crippen LogP contribution in [0.1, 0.15) is 46.8 Å². The van der Waals surface area contributed by atoms with Crippen LogP contribution in [0.4, 0.5) is 0 Å². The fraction of sp³-hybridized carbons (Fsp3) is 0.643. The minimum absolute atomic E-state index is 0.0316. The fourth-order valence-electron chi connectivity index (χ4n) is 1.82. The molecule has 0 atom stereocenters. The zero-order valence-corrected chi connectivity index (χ0v) is 12.5. The normalized spacial score (nSPS) is 11.6. The minimum Gasteiger partial charge on any atom is -0.396 e. The molecule has 0 saturated heterocycles. The smallest absolute Gasteiger partial charge is 0.261 e. The molecule has 0 aliphatic rings. The van der Waals surface area contributed by atoms with E-state index in [1.165, 1.54) is 16.2 Å². The minimum atomic E-state index is -0.184. The Morgan fingerprint density at radius 1 is 1.39 bits per heavy atom. The van der Waals surface area contributed by atoms with Gasteiger partial charge in [-0.15, -0.1) is 11.3 Å². The molecule has 2 N–H and O–H groups in total. The standard InChI is InChI=1S/C14H23NO2S/c1-5-14(6-2,9-16)8-15-13(17)12-7-10(3)11(4)18-12/h7,16H,5-6,8-9H2,1-4H3,(H,15,17). The highest BCUT2D eigenvalue weighted by atomic mass is 32.1. The maximum Gasteiger partial charge on any atom is 0.261 e. The van der Waals surface area contributed by atoms with E-state index in [1.807, 2.05) is 33.8 Å². The number of nitrogens with one attached hydrogen (secondary N) is 1. The van der Waals surface area contributed by atoms with Gasteiger partial charge in [0.2, 0.25) is 0 Å². The van der Waals surface area contributed by atoms with Gasteiger partial charge in [-0.1, -0.05) is 13.8 Å². The van der Waals surface area contributed by atoms with E-state index < -0.39 is 0 Å². The van der Waals surface area contributed by atoms with Crippen molar-refractivity contribution in [2.75, 3.05) is 13.2 Å². The molecule has 1 aromatic heterocycles. The summed E-state index contributed by atoms with van der Waals surface area (Å²) in [6.45, 7) is 8.77. The van der Waals surface area contributed by atoms with Crippen molar-refractivity contribution in [2.24, 2.45) is 5.41 Å². The van der Waals surface area contributed by atoms with E-state index in [-0.39, 0.29) is 17.9 Å². The van der Waals surface area contributed by atoms with E-state index in [4.69, 9.17) is 0 Å². The second-order valence-electron chi connectivity index (χ2n) is 4.90. The van der Waals surface area contributed by atoms with Gasteiger partial charge in [0.1, 0.15) is 0 Å². The number of aliphatic hydroxyl groups is 1. The van der Waals surface area contributed by atoms with Gasteiger partial charge in [0.25, 0.3) is 5.91 Å². The molecule has 4 heteroatoms. The molecule has 0 saturated carbocycles. The van der Waals surface area contributed by atoms with Gasteiger partial charge < -0.3 is 10.4 Å². The second kappa shape index (κ2) is 6.34. The first-order valence-electron chi connectivity index (χ1n) is 6.44. The summed E-state index contributed by atoms with van der Waals surface area (Å²) < 4.78 is 0. The Morgan fingerprint density at radius 2 is 2.00 bits per heavy atom. The molecule has 1 heterocycles. The summed E-state index contributed by atoms with van der Waals surface area (Å²) in [5.41, 5.74) is 0.973. The Labute approximate surface area is 113 Å². The SMILES string of the molecule is CCC(CC)(CO)CNC(=O)c1cc(C)c(C)s1. The lowest BCUT2D eigenvalue weighted by Crippen LogP contribution is -2.39. The maximum atomic E-state index is 12.0. The van der Waals surface area contributed by atoms with Crippen molar-refractivity contribution in [3.8, 4) is 0 Å². The highest BCUT2D eigenvalue weighted by Gasteiger charge is 2.26. The van der Waals surface area contributed by atoms with E-state index in [0.717, 1.165) is 23.3 Å². The molecule has 0 spiro atoms. The van der Waals surface area contributed by atoms with E-state index in [1.54, 1.807) is 0 Å². The van der Waals surface area contributed by atoms with Crippen molar-refractivity contribution in [1.82, 2.24) is 5.32 Å². The average Bonchev–Trinajstić information content (AvgIpc) is 2.72. The zero-order valence-electron chi connectivity index (χ0n) is 11.7. The quantitative estimate of drug-likeness (QED) is 0.834. The van der Waals surface area contributed by atoms with Crippen LogP contribution in [0.15, 0.2) is 6.07 Å². The second-order valence-corrected chi connectivity index (χ2v) is 6.15. The third-order valence-corrected chi connectivity index (χ3v) is 5.00. The first-order chi connectivity index (χ1) is 8.48. The van der Waals surface area contributed by atoms with Gasteiger partial charge in [0, 0.05) is 16.8 Å². The van der Waals surface area contributed by atoms with Crippen LogP contribution in [-0.2, 0) is 0 Å². The van der Waals surface area contributed by atoms with Crippen molar-refractivity contribution in [1.29, 1.82) is 0 Å². The first kappa shape index (κ1) is 15.2. The summed E-state index contributed by atoms with van der Waals surface area (Å²) in [5, 5.41) is 12.4. The lowest BCUT2D eigenvalue weighted by atomic mass is 9.83. The fourth-order valence-corrected chi connectivity index (χ4v) is 2.77. The molecule has 0 aliphatic carbocycles. The van der Waals surface area contributed by atoms with Gasteiger partial charge in [-0.05, 0) is 38.3 Å². The van der Waals surface area contributed by atoms with Crippen LogP contribution in [0, 0.1) is 19.3 Å². The number of thiophene rings is 1. The zero-order chi connectivity index (χ0) is 13.8. The highest BCUT2D eigenvalue weighted by molar-refractivity contribution is 7.14. The van der Waals surface area contributed by atoms with E-state index in [9.17, 15) is 9.90 Å². The van der Waals surface area contributed by atoms with Gasteiger partial charge in [-0.25, -0.2) is 0 Å². The molecule has 0 aliphatic heterocycles. The topological polar surface area (TPSA) is 49.3 Å². The summed E-state index contributed by atoms with van der Waals surface area (Å²) in [6, 6.07) is 1.92. The number of amides is 1. The van der Waals surface area contributed by atoms with Gasteiger partial charge in [-0.3, -0.25) is 4.79 Å². The molecule has 1 rings (SSSR count). The molecular formula is C14H23NO2S. The summed E-state index contributed by atoms with van der Waals surface area (Å²) in [7, 11) is 0. The Hall–Kier alpha value is -0.870. The Bertz CT molecular complexity index is 380. The van der Waals surface area contributed by atoms with E-state index in [2.05, 4.69) is 5.32 Å². The van der Waals surface area contributed by atoms with Crippen molar-refractivity contribution in [3.63, 3.8) is 0 Å². The predicted molar refractivity (Wildman–Crippen MR) is 76.2 cm³/mol. The number of aryl methyl sites for hydroxylation is 2. The molecule has 102 valence electrons. The molecule has 0 radical (unpaired) electrons. The molecule has 1 aromatic rings. The lowest BCUT2D eigenvalue weighted by molar-refractivity contribution is 0.0854. The van der Waals surface area contributed by atoms with Crippen LogP contribution in [-0.4, -0.2) is 24.2 Å². The van der Waals surface area contributed by atoms with Crippen LogP contribution in [0.5, 0.6) is 0 Å². The van der Waals surface area contributed by atoms with Gasteiger partial charge in [0.15, 0.2) is 0 Å². The third-order valence-electron chi connectivity index (χ3n) is 3.85. The number of carbonyl (C=O) groups excluding carboxylic acids is 1. The van der Waals surface area contributed by atoms with Crippen molar-refractivity contribution < 1.29 is 9.90 Å².